The van der Waals surface area contributed by atoms with Gasteiger partial charge in [0.15, 0.2) is 0 Å². The maximum atomic E-state index is 14.1. The van der Waals surface area contributed by atoms with Crippen molar-refractivity contribution in [2.75, 3.05) is 113 Å². The van der Waals surface area contributed by atoms with Crippen LogP contribution in [0.3, 0.4) is 0 Å². The molecule has 0 spiro atoms. The van der Waals surface area contributed by atoms with Gasteiger partial charge in [-0.05, 0) is 37.0 Å². The first-order chi connectivity index (χ1) is 39.6. The molecule has 0 aliphatic heterocycles. The Labute approximate surface area is 522 Å². The maximum Gasteiger partial charge on any atom is 0.243 e. The van der Waals surface area contributed by atoms with Crippen LogP contribution in [0.2, 0.25) is 0 Å². The number of unbranched alkanes of at least 4 members (excludes halogenated alkanes) is 15. The topological polar surface area (TPSA) is 212 Å². The zero-order chi connectivity index (χ0) is 61.2. The van der Waals surface area contributed by atoms with Gasteiger partial charge in [0.1, 0.15) is 18.1 Å². The van der Waals surface area contributed by atoms with Crippen LogP contribution in [0.25, 0.3) is 0 Å². The normalized spacial score (nSPS) is 12.7. The molecule has 0 aromatic carbocycles. The number of carbonyl (C=O) groups excluding carboxylic acids is 6. The molecule has 0 heterocycles. The molecular formula is C60H117N7O9S6. The van der Waals surface area contributed by atoms with Gasteiger partial charge < -0.3 is 46.0 Å². The van der Waals surface area contributed by atoms with E-state index >= 15 is 0 Å². The smallest absolute Gasteiger partial charge is 0.243 e. The Bertz CT molecular complexity index is 1450. The lowest BCUT2D eigenvalue weighted by Crippen LogP contribution is -2.55. The van der Waals surface area contributed by atoms with Gasteiger partial charge >= 0.3 is 0 Å². The molecule has 6 amide bonds. The van der Waals surface area contributed by atoms with Crippen molar-refractivity contribution in [2.24, 2.45) is 17.8 Å². The van der Waals surface area contributed by atoms with E-state index in [1.54, 1.807) is 64.8 Å². The molecule has 3 atom stereocenters. The van der Waals surface area contributed by atoms with Crippen LogP contribution >= 0.6 is 64.8 Å². The van der Waals surface area contributed by atoms with Crippen molar-refractivity contribution >= 4 is 100 Å². The van der Waals surface area contributed by atoms with E-state index < -0.39 is 18.1 Å². The zero-order valence-corrected chi connectivity index (χ0v) is 57.5. The predicted octanol–water partition coefficient (Wildman–Crippen LogP) is 10.6. The molecule has 0 aliphatic carbocycles. The van der Waals surface area contributed by atoms with Crippen molar-refractivity contribution in [3.8, 4) is 0 Å². The number of hydrogen-bond donors (Lipinski definition) is 6. The third-order valence-corrected chi connectivity index (χ3v) is 21.5. The first-order valence-corrected chi connectivity index (χ1v) is 39.0. The van der Waals surface area contributed by atoms with Crippen LogP contribution in [0.1, 0.15) is 197 Å². The second-order valence-electron chi connectivity index (χ2n) is 22.2. The van der Waals surface area contributed by atoms with Gasteiger partial charge in [-0.2, -0.15) is 0 Å². The molecule has 0 bridgehead atoms. The van der Waals surface area contributed by atoms with E-state index in [-0.39, 0.29) is 132 Å². The van der Waals surface area contributed by atoms with Crippen molar-refractivity contribution < 1.29 is 44.1 Å². The second kappa shape index (κ2) is 55.1. The fraction of sp³-hybridized carbons (Fsp3) is 0.900. The summed E-state index contributed by atoms with van der Waals surface area (Å²) in [4.78, 5) is 89.7. The monoisotopic (exact) mass is 1270 g/mol. The van der Waals surface area contributed by atoms with Crippen molar-refractivity contribution in [2.45, 2.75) is 215 Å². The highest BCUT2D eigenvalue weighted by atomic mass is 33.1. The van der Waals surface area contributed by atoms with Gasteiger partial charge in [-0.15, -0.1) is 0 Å². The molecule has 16 nitrogen and oxygen atoms in total. The second-order valence-corrected chi connectivity index (χ2v) is 30.3. The average Bonchev–Trinajstić information content (AvgIpc) is 3.52. The summed E-state index contributed by atoms with van der Waals surface area (Å²) in [6, 6.07) is -2.44. The predicted molar refractivity (Wildman–Crippen MR) is 356 cm³/mol. The number of carbonyl (C=O) groups is 6. The number of hydrogen-bond acceptors (Lipinski definition) is 16. The summed E-state index contributed by atoms with van der Waals surface area (Å²) in [5, 5.41) is 39.3. The van der Waals surface area contributed by atoms with E-state index in [0.29, 0.717) is 36.9 Å². The molecule has 0 rings (SSSR count). The van der Waals surface area contributed by atoms with Crippen LogP contribution in [0.4, 0.5) is 0 Å². The Hall–Kier alpha value is -1.24. The molecule has 0 aromatic heterocycles. The van der Waals surface area contributed by atoms with Crippen LogP contribution < -0.4 is 16.0 Å². The molecule has 6 N–H and O–H groups in total. The molecular weight excluding hydrogens is 1160 g/mol. The highest BCUT2D eigenvalue weighted by Crippen LogP contribution is 2.27. The highest BCUT2D eigenvalue weighted by Gasteiger charge is 2.35. The highest BCUT2D eigenvalue weighted by molar-refractivity contribution is 8.77. The minimum Gasteiger partial charge on any atom is -0.395 e. The summed E-state index contributed by atoms with van der Waals surface area (Å²) in [5.41, 5.74) is 0. The first kappa shape index (κ1) is 80.8. The van der Waals surface area contributed by atoms with Crippen LogP contribution in [0.15, 0.2) is 0 Å². The fourth-order valence-corrected chi connectivity index (χ4v) is 16.0. The van der Waals surface area contributed by atoms with Gasteiger partial charge in [-0.1, -0.05) is 223 Å². The van der Waals surface area contributed by atoms with E-state index in [2.05, 4.69) is 36.7 Å². The molecule has 0 radical (unpaired) electrons. The van der Waals surface area contributed by atoms with Gasteiger partial charge in [0.2, 0.25) is 35.4 Å². The standard InChI is InChI=1S/C60H117N7O9S6/c1-10-13-16-19-22-25-43-77-80-46-28-52(71)65(37-40-68)55(49(4)5)58(74)61-31-34-64(35-32-62-59(75)56(50(6)7)66(38-41-69)53(72)29-47-81-78-44-26-23-20-17-14-11-2)36-33-63-60(76)57(51(8)9)67(39-42-70)54(73)30-48-82-79-45-27-24-21-18-15-12-3/h49-51,55-57,68-70H,10-48H2,1-9H3,(H,61,74)(H,62,75)(H,63,76). The average molecular weight is 1270 g/mol. The third kappa shape index (κ3) is 39.5. The summed E-state index contributed by atoms with van der Waals surface area (Å²) in [6.45, 7) is 18.7. The lowest BCUT2D eigenvalue weighted by atomic mass is 10.0. The van der Waals surface area contributed by atoms with E-state index in [9.17, 15) is 44.1 Å². The van der Waals surface area contributed by atoms with Crippen molar-refractivity contribution in [1.82, 2.24) is 35.6 Å². The van der Waals surface area contributed by atoms with Crippen LogP contribution in [0.5, 0.6) is 0 Å². The molecule has 3 unspecified atom stereocenters. The Morgan fingerprint density at radius 1 is 0.341 bits per heavy atom. The van der Waals surface area contributed by atoms with Gasteiger partial charge in [0.25, 0.3) is 0 Å². The molecule has 0 aliphatic rings. The number of aliphatic hydroxyl groups excluding tert-OH is 3. The summed E-state index contributed by atoms with van der Waals surface area (Å²) >= 11 is 0. The summed E-state index contributed by atoms with van der Waals surface area (Å²) < 4.78 is 0. The van der Waals surface area contributed by atoms with Crippen LogP contribution in [-0.4, -0.2) is 202 Å². The van der Waals surface area contributed by atoms with E-state index in [4.69, 9.17) is 0 Å². The van der Waals surface area contributed by atoms with Crippen molar-refractivity contribution in [1.29, 1.82) is 0 Å². The zero-order valence-electron chi connectivity index (χ0n) is 52.6. The molecule has 0 fully saturated rings. The van der Waals surface area contributed by atoms with Crippen molar-refractivity contribution in [3.63, 3.8) is 0 Å². The van der Waals surface area contributed by atoms with Gasteiger partial charge in [-0.3, -0.25) is 33.7 Å². The molecule has 0 saturated carbocycles. The van der Waals surface area contributed by atoms with Crippen molar-refractivity contribution in [3.05, 3.63) is 0 Å². The Morgan fingerprint density at radius 3 is 0.805 bits per heavy atom. The van der Waals surface area contributed by atoms with Crippen LogP contribution in [0, 0.1) is 17.8 Å². The largest absolute Gasteiger partial charge is 0.395 e. The minimum absolute atomic E-state index is 0.0300. The molecule has 0 saturated heterocycles. The molecule has 22 heteroatoms. The number of nitrogens with one attached hydrogen (secondary N) is 3. The summed E-state index contributed by atoms with van der Waals surface area (Å²) in [7, 11) is 10.3. The summed E-state index contributed by atoms with van der Waals surface area (Å²) in [6.07, 6.45) is 22.9. The Morgan fingerprint density at radius 2 is 0.573 bits per heavy atom. The lowest BCUT2D eigenvalue weighted by Gasteiger charge is -2.34. The Balaban J connectivity index is 6.11. The maximum absolute atomic E-state index is 14.1. The van der Waals surface area contributed by atoms with E-state index in [0.717, 1.165) is 36.5 Å². The van der Waals surface area contributed by atoms with E-state index in [1.807, 2.05) is 46.4 Å². The number of aliphatic hydroxyl groups is 3. The van der Waals surface area contributed by atoms with Gasteiger partial charge in [0, 0.05) is 113 Å². The molecule has 0 aromatic rings. The molecule has 82 heavy (non-hydrogen) atoms. The minimum atomic E-state index is -0.813. The fourth-order valence-electron chi connectivity index (χ4n) is 9.65. The Kier molecular flexibility index (Phi) is 54.3. The number of nitrogens with zero attached hydrogens (tertiary/aromatic N) is 4. The van der Waals surface area contributed by atoms with Gasteiger partial charge in [-0.25, -0.2) is 0 Å². The quantitative estimate of drug-likeness (QED) is 0.0247. The summed E-state index contributed by atoms with van der Waals surface area (Å²) in [5.74, 6) is 2.59. The number of amides is 6. The van der Waals surface area contributed by atoms with Gasteiger partial charge in [0.05, 0.1) is 19.8 Å². The number of rotatable bonds is 57. The SMILES string of the molecule is CCCCCCCCSSCCC(=O)N(CCO)C(C(=O)NCCN(CCNC(=O)C(C(C)C)N(CCO)C(=O)CCSSCCCCCCCC)CCNC(=O)C(C(C)C)N(CCO)C(=O)CCSSCCCCCCCC)C(C)C. The van der Waals surface area contributed by atoms with Crippen LogP contribution in [-0.2, 0) is 28.8 Å². The van der Waals surface area contributed by atoms with E-state index in [1.165, 1.54) is 111 Å². The molecule has 482 valence electrons. The first-order valence-electron chi connectivity index (χ1n) is 31.6. The lowest BCUT2D eigenvalue weighted by molar-refractivity contribution is -0.142. The third-order valence-electron chi connectivity index (χ3n) is 14.1.